The molecule has 152 valence electrons. The van der Waals surface area contributed by atoms with Crippen molar-refractivity contribution >= 4 is 34.3 Å². The fraction of sp³-hybridized carbons (Fsp3) is 0.143. The number of hydrogen-bond donors (Lipinski definition) is 1. The van der Waals surface area contributed by atoms with Crippen LogP contribution in [0, 0.1) is 6.92 Å². The van der Waals surface area contributed by atoms with Crippen molar-refractivity contribution in [2.45, 2.75) is 13.8 Å². The van der Waals surface area contributed by atoms with Gasteiger partial charge in [0.2, 0.25) is 4.96 Å². The van der Waals surface area contributed by atoms with Crippen molar-refractivity contribution < 1.29 is 19.1 Å². The highest BCUT2D eigenvalue weighted by atomic mass is 32.1. The van der Waals surface area contributed by atoms with Crippen molar-refractivity contribution in [1.82, 2.24) is 14.6 Å². The van der Waals surface area contributed by atoms with Crippen LogP contribution in [0.2, 0.25) is 0 Å². The Hall–Kier alpha value is -3.72. The average molecular weight is 422 g/mol. The summed E-state index contributed by atoms with van der Waals surface area (Å²) in [5, 5.41) is 9.09. The minimum absolute atomic E-state index is 0.215. The molecule has 8 nitrogen and oxygen atoms in total. The number of anilines is 1. The number of thiazole rings is 1. The molecule has 0 aliphatic rings. The van der Waals surface area contributed by atoms with Gasteiger partial charge in [-0.1, -0.05) is 29.8 Å². The SMILES string of the molecule is CCOC(=O)Oc1ccc(C(=O)Nc2nc3scc(-c4ccc(C)cc4)n3n2)cc1. The second kappa shape index (κ2) is 8.34. The van der Waals surface area contributed by atoms with Gasteiger partial charge in [-0.25, -0.2) is 9.31 Å². The smallest absolute Gasteiger partial charge is 0.434 e. The maximum Gasteiger partial charge on any atom is 0.513 e. The molecular formula is C21H18N4O4S. The van der Waals surface area contributed by atoms with E-state index in [0.29, 0.717) is 10.5 Å². The lowest BCUT2D eigenvalue weighted by Gasteiger charge is -2.05. The van der Waals surface area contributed by atoms with E-state index < -0.39 is 6.16 Å². The molecule has 0 bridgehead atoms. The molecule has 0 aliphatic heterocycles. The van der Waals surface area contributed by atoms with Crippen LogP contribution in [0.5, 0.6) is 5.75 Å². The zero-order chi connectivity index (χ0) is 21.1. The van der Waals surface area contributed by atoms with Crippen LogP contribution in [0.1, 0.15) is 22.8 Å². The Morgan fingerprint density at radius 2 is 1.83 bits per heavy atom. The molecule has 9 heteroatoms. The molecule has 0 radical (unpaired) electrons. The molecule has 0 atom stereocenters. The Morgan fingerprint density at radius 1 is 1.10 bits per heavy atom. The van der Waals surface area contributed by atoms with Gasteiger partial charge in [-0.2, -0.15) is 4.98 Å². The van der Waals surface area contributed by atoms with E-state index in [4.69, 9.17) is 9.47 Å². The molecule has 1 N–H and O–H groups in total. The van der Waals surface area contributed by atoms with Crippen LogP contribution in [0.3, 0.4) is 0 Å². The fourth-order valence-electron chi connectivity index (χ4n) is 2.75. The maximum atomic E-state index is 12.5. The molecule has 0 aliphatic carbocycles. The molecule has 0 saturated carbocycles. The number of nitrogens with one attached hydrogen (secondary N) is 1. The number of ether oxygens (including phenoxy) is 2. The number of rotatable bonds is 5. The van der Waals surface area contributed by atoms with Crippen molar-refractivity contribution in [3.05, 3.63) is 65.0 Å². The predicted molar refractivity (Wildman–Crippen MR) is 113 cm³/mol. The van der Waals surface area contributed by atoms with Crippen LogP contribution in [0.4, 0.5) is 10.7 Å². The first kappa shape index (κ1) is 19.6. The first-order valence-electron chi connectivity index (χ1n) is 9.21. The molecule has 0 saturated heterocycles. The largest absolute Gasteiger partial charge is 0.513 e. The van der Waals surface area contributed by atoms with Crippen molar-refractivity contribution in [2.24, 2.45) is 0 Å². The van der Waals surface area contributed by atoms with Gasteiger partial charge in [-0.05, 0) is 38.1 Å². The normalized spacial score (nSPS) is 10.7. The van der Waals surface area contributed by atoms with Crippen molar-refractivity contribution in [3.63, 3.8) is 0 Å². The van der Waals surface area contributed by atoms with Gasteiger partial charge >= 0.3 is 6.16 Å². The van der Waals surface area contributed by atoms with Gasteiger partial charge in [-0.3, -0.25) is 10.1 Å². The first-order chi connectivity index (χ1) is 14.5. The van der Waals surface area contributed by atoms with E-state index in [0.717, 1.165) is 11.3 Å². The number of hydrogen-bond acceptors (Lipinski definition) is 7. The number of amides is 1. The van der Waals surface area contributed by atoms with E-state index in [2.05, 4.69) is 15.4 Å². The Balaban J connectivity index is 1.48. The van der Waals surface area contributed by atoms with E-state index in [9.17, 15) is 9.59 Å². The van der Waals surface area contributed by atoms with Gasteiger partial charge in [0.15, 0.2) is 0 Å². The minimum atomic E-state index is -0.790. The molecule has 4 aromatic rings. The van der Waals surface area contributed by atoms with Crippen LogP contribution >= 0.6 is 11.3 Å². The number of carbonyl (C=O) groups is 2. The average Bonchev–Trinajstić information content (AvgIpc) is 3.29. The molecule has 0 fully saturated rings. The Kier molecular flexibility index (Phi) is 5.44. The lowest BCUT2D eigenvalue weighted by molar-refractivity contribution is 0.102. The van der Waals surface area contributed by atoms with Gasteiger partial charge in [0, 0.05) is 16.5 Å². The van der Waals surface area contributed by atoms with Gasteiger partial charge in [0.05, 0.1) is 12.3 Å². The maximum absolute atomic E-state index is 12.5. The molecule has 0 unspecified atom stereocenters. The minimum Gasteiger partial charge on any atom is -0.434 e. The molecule has 30 heavy (non-hydrogen) atoms. The summed E-state index contributed by atoms with van der Waals surface area (Å²) < 4.78 is 11.4. The van der Waals surface area contributed by atoms with Crippen LogP contribution in [-0.2, 0) is 4.74 Å². The Labute approximate surface area is 176 Å². The molecule has 2 heterocycles. The molecule has 4 rings (SSSR count). The number of aryl methyl sites for hydroxylation is 1. The lowest BCUT2D eigenvalue weighted by Crippen LogP contribution is -2.13. The number of nitrogens with zero attached hydrogens (tertiary/aromatic N) is 3. The molecule has 2 aromatic carbocycles. The summed E-state index contributed by atoms with van der Waals surface area (Å²) in [4.78, 5) is 28.9. The number of benzene rings is 2. The van der Waals surface area contributed by atoms with Gasteiger partial charge in [-0.15, -0.1) is 16.4 Å². The summed E-state index contributed by atoms with van der Waals surface area (Å²) in [5.41, 5.74) is 3.48. The third kappa shape index (κ3) is 4.15. The van der Waals surface area contributed by atoms with E-state index in [-0.39, 0.29) is 24.2 Å². The highest BCUT2D eigenvalue weighted by Crippen LogP contribution is 2.26. The van der Waals surface area contributed by atoms with Gasteiger partial charge < -0.3 is 9.47 Å². The number of aromatic nitrogens is 3. The lowest BCUT2D eigenvalue weighted by atomic mass is 10.1. The van der Waals surface area contributed by atoms with Crippen molar-refractivity contribution in [1.29, 1.82) is 0 Å². The quantitative estimate of drug-likeness (QED) is 0.374. The summed E-state index contributed by atoms with van der Waals surface area (Å²) in [6, 6.07) is 14.2. The van der Waals surface area contributed by atoms with E-state index in [1.54, 1.807) is 23.6 Å². The summed E-state index contributed by atoms with van der Waals surface area (Å²) in [6.45, 7) is 3.94. The summed E-state index contributed by atoms with van der Waals surface area (Å²) in [6.07, 6.45) is -0.790. The zero-order valence-electron chi connectivity index (χ0n) is 16.3. The fourth-order valence-corrected chi connectivity index (χ4v) is 3.58. The highest BCUT2D eigenvalue weighted by molar-refractivity contribution is 7.15. The van der Waals surface area contributed by atoms with Crippen LogP contribution in [0.15, 0.2) is 53.9 Å². The third-order valence-electron chi connectivity index (χ3n) is 4.23. The zero-order valence-corrected chi connectivity index (χ0v) is 17.1. The molecule has 1 amide bonds. The van der Waals surface area contributed by atoms with Crippen molar-refractivity contribution in [3.8, 4) is 17.0 Å². The molecule has 2 aromatic heterocycles. The highest BCUT2D eigenvalue weighted by Gasteiger charge is 2.15. The van der Waals surface area contributed by atoms with Crippen LogP contribution < -0.4 is 10.1 Å². The Bertz CT molecular complexity index is 1200. The van der Waals surface area contributed by atoms with Gasteiger partial charge in [0.25, 0.3) is 11.9 Å². The summed E-state index contributed by atoms with van der Waals surface area (Å²) >= 11 is 1.45. The van der Waals surface area contributed by atoms with Gasteiger partial charge in [0.1, 0.15) is 5.75 Å². The standard InChI is InChI=1S/C21H18N4O4S/c1-3-28-21(27)29-16-10-8-15(9-11-16)18(26)22-19-23-20-25(24-19)17(12-30-20)14-6-4-13(2)5-7-14/h4-12H,3H2,1-2H3,(H,22,24,26). The van der Waals surface area contributed by atoms with Crippen LogP contribution in [0.25, 0.3) is 16.2 Å². The second-order valence-corrected chi connectivity index (χ2v) is 7.22. The van der Waals surface area contributed by atoms with E-state index in [1.807, 2.05) is 36.6 Å². The topological polar surface area (TPSA) is 94.8 Å². The number of fused-ring (bicyclic) bond motifs is 1. The van der Waals surface area contributed by atoms with Crippen LogP contribution in [-0.4, -0.2) is 33.3 Å². The summed E-state index contributed by atoms with van der Waals surface area (Å²) in [7, 11) is 0. The number of carbonyl (C=O) groups excluding carboxylic acids is 2. The second-order valence-electron chi connectivity index (χ2n) is 6.38. The summed E-state index contributed by atoms with van der Waals surface area (Å²) in [5.74, 6) is 0.133. The Morgan fingerprint density at radius 3 is 2.53 bits per heavy atom. The molecular weight excluding hydrogens is 404 g/mol. The third-order valence-corrected chi connectivity index (χ3v) is 5.05. The predicted octanol–water partition coefficient (Wildman–Crippen LogP) is 4.55. The monoisotopic (exact) mass is 422 g/mol. The van der Waals surface area contributed by atoms with Crippen molar-refractivity contribution in [2.75, 3.05) is 11.9 Å². The first-order valence-corrected chi connectivity index (χ1v) is 10.1. The van der Waals surface area contributed by atoms with E-state index >= 15 is 0 Å². The van der Waals surface area contributed by atoms with E-state index in [1.165, 1.54) is 29.0 Å². The molecule has 0 spiro atoms.